The van der Waals surface area contributed by atoms with Gasteiger partial charge in [0.15, 0.2) is 0 Å². The van der Waals surface area contributed by atoms with E-state index in [2.05, 4.69) is 30.7 Å². The van der Waals surface area contributed by atoms with Crippen LogP contribution in [0.15, 0.2) is 60.9 Å². The Bertz CT molecular complexity index is 1100. The van der Waals surface area contributed by atoms with E-state index in [1.807, 2.05) is 53.2 Å². The van der Waals surface area contributed by atoms with Crippen LogP contribution >= 0.6 is 0 Å². The second kappa shape index (κ2) is 6.50. The summed E-state index contributed by atoms with van der Waals surface area (Å²) >= 11 is 0. The summed E-state index contributed by atoms with van der Waals surface area (Å²) in [4.78, 5) is 20.7. The number of H-pyrrole nitrogens is 1. The molecule has 0 saturated carbocycles. The molecule has 0 atom stereocenters. The lowest BCUT2D eigenvalue weighted by atomic mass is 9.92. The molecule has 4 aromatic rings. The van der Waals surface area contributed by atoms with Crippen molar-refractivity contribution >= 4 is 16.8 Å². The number of rotatable bonds is 4. The summed E-state index contributed by atoms with van der Waals surface area (Å²) in [5, 5.41) is 5.58. The van der Waals surface area contributed by atoms with Gasteiger partial charge in [-0.05, 0) is 23.8 Å². The molecule has 0 aliphatic heterocycles. The van der Waals surface area contributed by atoms with Crippen LogP contribution in [0.25, 0.3) is 11.0 Å². The maximum Gasteiger partial charge on any atom is 0.213 e. The molecule has 0 fully saturated rings. The number of nitrogens with one attached hydrogen (secondary N) is 1. The number of carbonyl (C=O) groups is 1. The largest absolute Gasteiger partial charge is 0.345 e. The third-order valence-corrected chi connectivity index (χ3v) is 4.65. The number of benzene rings is 1. The van der Waals surface area contributed by atoms with Gasteiger partial charge in [-0.1, -0.05) is 51.1 Å². The molecule has 5 nitrogen and oxygen atoms in total. The van der Waals surface area contributed by atoms with E-state index in [1.165, 1.54) is 0 Å². The zero-order valence-corrected chi connectivity index (χ0v) is 15.7. The predicted octanol–water partition coefficient (Wildman–Crippen LogP) is 4.34. The Labute approximate surface area is 158 Å². The van der Waals surface area contributed by atoms with Crippen LogP contribution in [0, 0.1) is 0 Å². The zero-order chi connectivity index (χ0) is 19.0. The first-order valence-corrected chi connectivity index (χ1v) is 9.02. The monoisotopic (exact) mass is 358 g/mol. The fourth-order valence-electron chi connectivity index (χ4n) is 3.12. The second-order valence-corrected chi connectivity index (χ2v) is 7.74. The molecule has 0 spiro atoms. The van der Waals surface area contributed by atoms with Crippen LogP contribution < -0.4 is 0 Å². The number of aromatic nitrogens is 4. The van der Waals surface area contributed by atoms with Crippen molar-refractivity contribution in [3.8, 4) is 0 Å². The number of aromatic amines is 1. The minimum atomic E-state index is -0.140. The normalized spacial score (nSPS) is 11.8. The lowest BCUT2D eigenvalue weighted by Gasteiger charge is -2.14. The fraction of sp³-hybridized carbons (Fsp3) is 0.227. The van der Waals surface area contributed by atoms with Crippen molar-refractivity contribution in [2.24, 2.45) is 0 Å². The average Bonchev–Trinajstić information content (AvgIpc) is 3.26. The van der Waals surface area contributed by atoms with Crippen molar-refractivity contribution in [3.05, 3.63) is 83.4 Å². The molecule has 5 heteroatoms. The fourth-order valence-corrected chi connectivity index (χ4v) is 3.12. The highest BCUT2D eigenvalue weighted by Crippen LogP contribution is 2.25. The molecule has 0 aliphatic carbocycles. The lowest BCUT2D eigenvalue weighted by molar-refractivity contribution is 0.103. The lowest BCUT2D eigenvalue weighted by Crippen LogP contribution is -2.14. The van der Waals surface area contributed by atoms with E-state index < -0.39 is 0 Å². The van der Waals surface area contributed by atoms with Gasteiger partial charge in [0.25, 0.3) is 0 Å². The summed E-state index contributed by atoms with van der Waals surface area (Å²) in [5.74, 6) is -0.0480. The van der Waals surface area contributed by atoms with Gasteiger partial charge in [0.2, 0.25) is 5.78 Å². The highest BCUT2D eigenvalue weighted by molar-refractivity contribution is 6.15. The zero-order valence-electron chi connectivity index (χ0n) is 15.7. The second-order valence-electron chi connectivity index (χ2n) is 7.74. The van der Waals surface area contributed by atoms with Gasteiger partial charge in [-0.15, -0.1) is 0 Å². The minimum absolute atomic E-state index is 0.0480. The smallest absolute Gasteiger partial charge is 0.213 e. The number of hydrogen-bond acceptors (Lipinski definition) is 3. The molecule has 1 aromatic carbocycles. The van der Waals surface area contributed by atoms with Crippen molar-refractivity contribution in [1.82, 2.24) is 19.7 Å². The first-order chi connectivity index (χ1) is 12.9. The van der Waals surface area contributed by atoms with Gasteiger partial charge in [-0.3, -0.25) is 9.48 Å². The first-order valence-electron chi connectivity index (χ1n) is 9.02. The van der Waals surface area contributed by atoms with Crippen LogP contribution in [-0.4, -0.2) is 25.5 Å². The molecular weight excluding hydrogens is 336 g/mol. The number of hydrogen-bond donors (Lipinski definition) is 1. The van der Waals surface area contributed by atoms with Gasteiger partial charge in [0.1, 0.15) is 11.3 Å². The number of fused-ring (bicyclic) bond motifs is 1. The first kappa shape index (κ1) is 17.2. The molecule has 27 heavy (non-hydrogen) atoms. The molecule has 0 saturated heterocycles. The number of ketones is 1. The maximum absolute atomic E-state index is 13.4. The summed E-state index contributed by atoms with van der Waals surface area (Å²) in [6.07, 6.45) is 3.45. The van der Waals surface area contributed by atoms with E-state index in [9.17, 15) is 4.79 Å². The van der Waals surface area contributed by atoms with E-state index in [-0.39, 0.29) is 11.2 Å². The summed E-state index contributed by atoms with van der Waals surface area (Å²) in [6, 6.07) is 15.7. The van der Waals surface area contributed by atoms with Gasteiger partial charge in [-0.2, -0.15) is 5.10 Å². The van der Waals surface area contributed by atoms with E-state index in [0.29, 0.717) is 23.4 Å². The van der Waals surface area contributed by atoms with Crippen LogP contribution in [0.5, 0.6) is 0 Å². The van der Waals surface area contributed by atoms with Crippen LogP contribution in [-0.2, 0) is 12.0 Å². The Hall–Kier alpha value is -3.21. The third-order valence-electron chi connectivity index (χ3n) is 4.65. The Kier molecular flexibility index (Phi) is 4.15. The van der Waals surface area contributed by atoms with E-state index in [0.717, 1.165) is 16.6 Å². The molecule has 0 aliphatic rings. The Morgan fingerprint density at radius 2 is 1.89 bits per heavy atom. The van der Waals surface area contributed by atoms with E-state index in [4.69, 9.17) is 5.10 Å². The third kappa shape index (κ3) is 3.28. The molecule has 0 amide bonds. The maximum atomic E-state index is 13.4. The summed E-state index contributed by atoms with van der Waals surface area (Å²) < 4.78 is 1.81. The van der Waals surface area contributed by atoms with Gasteiger partial charge in [0.05, 0.1) is 17.8 Å². The van der Waals surface area contributed by atoms with Crippen LogP contribution in [0.4, 0.5) is 0 Å². The molecule has 3 aromatic heterocycles. The van der Waals surface area contributed by atoms with Crippen LogP contribution in [0.3, 0.4) is 0 Å². The van der Waals surface area contributed by atoms with Crippen LogP contribution in [0.2, 0.25) is 0 Å². The number of carbonyl (C=O) groups excluding carboxylic acids is 1. The molecule has 0 unspecified atom stereocenters. The van der Waals surface area contributed by atoms with Crippen molar-refractivity contribution in [3.63, 3.8) is 0 Å². The highest BCUT2D eigenvalue weighted by Gasteiger charge is 2.25. The molecule has 136 valence electrons. The predicted molar refractivity (Wildman–Crippen MR) is 106 cm³/mol. The summed E-state index contributed by atoms with van der Waals surface area (Å²) in [6.45, 7) is 6.86. The van der Waals surface area contributed by atoms with E-state index in [1.54, 1.807) is 12.4 Å². The Balaban J connectivity index is 1.80. The SMILES string of the molecule is CC(C)(C)c1cc(C(=O)c2c[nH]c3ncccc23)n(Cc2ccccc2)n1. The Morgan fingerprint density at radius 3 is 2.63 bits per heavy atom. The molecule has 3 heterocycles. The summed E-state index contributed by atoms with van der Waals surface area (Å²) in [7, 11) is 0. The van der Waals surface area contributed by atoms with Crippen LogP contribution in [0.1, 0.15) is 48.1 Å². The van der Waals surface area contributed by atoms with Gasteiger partial charge < -0.3 is 4.98 Å². The molecule has 0 bridgehead atoms. The van der Waals surface area contributed by atoms with Gasteiger partial charge in [0, 0.05) is 23.2 Å². The van der Waals surface area contributed by atoms with Gasteiger partial charge >= 0.3 is 0 Å². The minimum Gasteiger partial charge on any atom is -0.345 e. The Morgan fingerprint density at radius 1 is 1.11 bits per heavy atom. The van der Waals surface area contributed by atoms with Crippen molar-refractivity contribution in [1.29, 1.82) is 0 Å². The van der Waals surface area contributed by atoms with Crippen molar-refractivity contribution in [2.75, 3.05) is 0 Å². The molecular formula is C22H22N4O. The topological polar surface area (TPSA) is 63.6 Å². The molecule has 0 radical (unpaired) electrons. The van der Waals surface area contributed by atoms with Crippen molar-refractivity contribution < 1.29 is 4.79 Å². The van der Waals surface area contributed by atoms with E-state index >= 15 is 0 Å². The molecule has 4 rings (SSSR count). The molecule has 1 N–H and O–H groups in total. The number of pyridine rings is 1. The average molecular weight is 358 g/mol. The standard InChI is InChI=1S/C22H22N4O/c1-22(2,3)19-12-18(26(25-19)14-15-8-5-4-6-9-15)20(27)17-13-24-21-16(17)10-7-11-23-21/h4-13H,14H2,1-3H3,(H,23,24). The number of nitrogens with zero attached hydrogens (tertiary/aromatic N) is 3. The quantitative estimate of drug-likeness (QED) is 0.552. The highest BCUT2D eigenvalue weighted by atomic mass is 16.1. The van der Waals surface area contributed by atoms with Gasteiger partial charge in [-0.25, -0.2) is 4.98 Å². The summed E-state index contributed by atoms with van der Waals surface area (Å²) in [5.41, 5.74) is 3.79. The van der Waals surface area contributed by atoms with Crippen molar-refractivity contribution in [2.45, 2.75) is 32.7 Å².